The molecule has 0 aliphatic carbocycles. The van der Waals surface area contributed by atoms with Crippen molar-refractivity contribution < 1.29 is 9.90 Å². The first-order valence-corrected chi connectivity index (χ1v) is 4.69. The largest absolute Gasteiger partial charge is 0.481 e. The minimum Gasteiger partial charge on any atom is -0.481 e. The second kappa shape index (κ2) is 4.77. The van der Waals surface area contributed by atoms with Gasteiger partial charge < -0.3 is 10.8 Å². The van der Waals surface area contributed by atoms with Crippen molar-refractivity contribution >= 4 is 5.97 Å². The zero-order valence-electron chi connectivity index (χ0n) is 8.23. The van der Waals surface area contributed by atoms with Gasteiger partial charge in [0.1, 0.15) is 0 Å². The van der Waals surface area contributed by atoms with Gasteiger partial charge in [-0.25, -0.2) is 0 Å². The number of rotatable bonds is 4. The summed E-state index contributed by atoms with van der Waals surface area (Å²) in [5.74, 6) is -0.808. The van der Waals surface area contributed by atoms with Gasteiger partial charge in [0.2, 0.25) is 0 Å². The summed E-state index contributed by atoms with van der Waals surface area (Å²) in [5, 5.41) is 8.57. The molecule has 0 saturated heterocycles. The zero-order chi connectivity index (χ0) is 10.6. The van der Waals surface area contributed by atoms with E-state index in [1.165, 1.54) is 0 Å². The van der Waals surface area contributed by atoms with Gasteiger partial charge in [-0.2, -0.15) is 0 Å². The molecule has 0 aliphatic rings. The quantitative estimate of drug-likeness (QED) is 0.765. The van der Waals surface area contributed by atoms with Crippen molar-refractivity contribution in [1.82, 2.24) is 0 Å². The highest BCUT2D eigenvalue weighted by Crippen LogP contribution is 2.14. The molecule has 0 aromatic heterocycles. The highest BCUT2D eigenvalue weighted by molar-refractivity contribution is 5.70. The van der Waals surface area contributed by atoms with Gasteiger partial charge in [0.05, 0.1) is 6.42 Å². The van der Waals surface area contributed by atoms with Gasteiger partial charge in [-0.1, -0.05) is 31.2 Å². The second-order valence-electron chi connectivity index (χ2n) is 3.33. The van der Waals surface area contributed by atoms with Crippen molar-refractivity contribution in [1.29, 1.82) is 0 Å². The molecule has 0 fully saturated rings. The fourth-order valence-corrected chi connectivity index (χ4v) is 1.29. The highest BCUT2D eigenvalue weighted by Gasteiger charge is 2.04. The van der Waals surface area contributed by atoms with Crippen LogP contribution >= 0.6 is 0 Å². The summed E-state index contributed by atoms with van der Waals surface area (Å²) >= 11 is 0. The molecule has 76 valence electrons. The fourth-order valence-electron chi connectivity index (χ4n) is 1.29. The molecule has 0 unspecified atom stereocenters. The van der Waals surface area contributed by atoms with E-state index in [0.29, 0.717) is 0 Å². The van der Waals surface area contributed by atoms with Crippen LogP contribution in [-0.4, -0.2) is 11.1 Å². The van der Waals surface area contributed by atoms with Crippen LogP contribution in [0.4, 0.5) is 0 Å². The lowest BCUT2D eigenvalue weighted by Gasteiger charge is -2.09. The van der Waals surface area contributed by atoms with E-state index in [4.69, 9.17) is 10.8 Å². The van der Waals surface area contributed by atoms with E-state index in [1.807, 2.05) is 31.2 Å². The van der Waals surface area contributed by atoms with E-state index < -0.39 is 5.97 Å². The summed E-state index contributed by atoms with van der Waals surface area (Å²) < 4.78 is 0. The van der Waals surface area contributed by atoms with Crippen molar-refractivity contribution in [2.24, 2.45) is 5.73 Å². The maximum atomic E-state index is 10.4. The van der Waals surface area contributed by atoms with Crippen molar-refractivity contribution in [3.05, 3.63) is 35.4 Å². The van der Waals surface area contributed by atoms with Gasteiger partial charge in [0.15, 0.2) is 0 Å². The predicted molar refractivity (Wildman–Crippen MR) is 55.0 cm³/mol. The molecule has 0 heterocycles. The highest BCUT2D eigenvalue weighted by atomic mass is 16.4. The standard InChI is InChI=1S/C11H15NO2/c1-2-10(12)9-5-3-8(4-6-9)7-11(13)14/h3-6,10H,2,7,12H2,1H3,(H,13,14)/t10-/m0/s1. The van der Waals surface area contributed by atoms with Crippen molar-refractivity contribution in [2.75, 3.05) is 0 Å². The van der Waals surface area contributed by atoms with Crippen LogP contribution in [0.2, 0.25) is 0 Å². The monoisotopic (exact) mass is 193 g/mol. The Morgan fingerprint density at radius 1 is 1.43 bits per heavy atom. The predicted octanol–water partition coefficient (Wildman–Crippen LogP) is 1.72. The molecule has 0 aliphatic heterocycles. The molecule has 3 N–H and O–H groups in total. The second-order valence-corrected chi connectivity index (χ2v) is 3.33. The molecule has 0 radical (unpaired) electrons. The Morgan fingerprint density at radius 2 is 2.00 bits per heavy atom. The number of nitrogens with two attached hydrogens (primary N) is 1. The number of hydrogen-bond acceptors (Lipinski definition) is 2. The normalized spacial score (nSPS) is 12.4. The van der Waals surface area contributed by atoms with Crippen molar-refractivity contribution in [3.63, 3.8) is 0 Å². The molecule has 1 aromatic rings. The van der Waals surface area contributed by atoms with Crippen LogP contribution in [0.3, 0.4) is 0 Å². The number of benzene rings is 1. The molecule has 1 atom stereocenters. The van der Waals surface area contributed by atoms with Crippen LogP contribution in [0, 0.1) is 0 Å². The van der Waals surface area contributed by atoms with Gasteiger partial charge in [-0.15, -0.1) is 0 Å². The number of carboxylic acids is 1. The lowest BCUT2D eigenvalue weighted by Crippen LogP contribution is -2.08. The molecule has 3 nitrogen and oxygen atoms in total. The molecule has 1 rings (SSSR count). The summed E-state index contributed by atoms with van der Waals surface area (Å²) in [6.45, 7) is 2.02. The van der Waals surface area contributed by atoms with Crippen LogP contribution in [0.25, 0.3) is 0 Å². The molecule has 0 spiro atoms. The summed E-state index contributed by atoms with van der Waals surface area (Å²) in [5.41, 5.74) is 7.70. The lowest BCUT2D eigenvalue weighted by atomic mass is 10.0. The molecule has 1 aromatic carbocycles. The number of hydrogen-bond donors (Lipinski definition) is 2. The van der Waals surface area contributed by atoms with Crippen LogP contribution in [0.15, 0.2) is 24.3 Å². The summed E-state index contributed by atoms with van der Waals surface area (Å²) in [7, 11) is 0. The van der Waals surface area contributed by atoms with E-state index in [-0.39, 0.29) is 12.5 Å². The Hall–Kier alpha value is -1.35. The van der Waals surface area contributed by atoms with Crippen LogP contribution in [-0.2, 0) is 11.2 Å². The summed E-state index contributed by atoms with van der Waals surface area (Å²) in [6, 6.07) is 7.48. The number of aliphatic carboxylic acids is 1. The van der Waals surface area contributed by atoms with Crippen molar-refractivity contribution in [2.45, 2.75) is 25.8 Å². The topological polar surface area (TPSA) is 63.3 Å². The van der Waals surface area contributed by atoms with Gasteiger partial charge in [-0.3, -0.25) is 4.79 Å². The maximum Gasteiger partial charge on any atom is 0.307 e. The molecule has 3 heteroatoms. The van der Waals surface area contributed by atoms with Crippen molar-refractivity contribution in [3.8, 4) is 0 Å². The Labute approximate surface area is 83.6 Å². The first-order valence-electron chi connectivity index (χ1n) is 4.69. The summed E-state index contributed by atoms with van der Waals surface area (Å²) in [6.07, 6.45) is 0.958. The van der Waals surface area contributed by atoms with E-state index in [9.17, 15) is 4.79 Å². The average Bonchev–Trinajstić information content (AvgIpc) is 2.17. The third kappa shape index (κ3) is 2.85. The minimum absolute atomic E-state index is 0.0499. The van der Waals surface area contributed by atoms with Gasteiger partial charge in [0, 0.05) is 6.04 Å². The van der Waals surface area contributed by atoms with Crippen LogP contribution < -0.4 is 5.73 Å². The third-order valence-electron chi connectivity index (χ3n) is 2.20. The third-order valence-corrected chi connectivity index (χ3v) is 2.20. The Balaban J connectivity index is 2.73. The minimum atomic E-state index is -0.808. The number of carbonyl (C=O) groups is 1. The first-order chi connectivity index (χ1) is 6.63. The van der Waals surface area contributed by atoms with E-state index in [2.05, 4.69) is 0 Å². The van der Waals surface area contributed by atoms with E-state index in [0.717, 1.165) is 17.5 Å². The maximum absolute atomic E-state index is 10.4. The Kier molecular flexibility index (Phi) is 3.65. The van der Waals surface area contributed by atoms with E-state index >= 15 is 0 Å². The molecular weight excluding hydrogens is 178 g/mol. The molecule has 0 saturated carbocycles. The summed E-state index contributed by atoms with van der Waals surface area (Å²) in [4.78, 5) is 10.4. The Bertz CT molecular complexity index is 306. The van der Waals surface area contributed by atoms with Gasteiger partial charge in [-0.05, 0) is 17.5 Å². The molecule has 14 heavy (non-hydrogen) atoms. The zero-order valence-corrected chi connectivity index (χ0v) is 8.23. The van der Waals surface area contributed by atoms with Crippen LogP contribution in [0.1, 0.15) is 30.5 Å². The van der Waals surface area contributed by atoms with Gasteiger partial charge in [0.25, 0.3) is 0 Å². The molecular formula is C11H15NO2. The Morgan fingerprint density at radius 3 is 2.43 bits per heavy atom. The molecule has 0 bridgehead atoms. The van der Waals surface area contributed by atoms with E-state index in [1.54, 1.807) is 0 Å². The smallest absolute Gasteiger partial charge is 0.307 e. The fraction of sp³-hybridized carbons (Fsp3) is 0.364. The molecule has 0 amide bonds. The first kappa shape index (κ1) is 10.7. The lowest BCUT2D eigenvalue weighted by molar-refractivity contribution is -0.136. The number of carboxylic acid groups (broad SMARTS) is 1. The average molecular weight is 193 g/mol. The van der Waals surface area contributed by atoms with Crippen LogP contribution in [0.5, 0.6) is 0 Å². The van der Waals surface area contributed by atoms with Gasteiger partial charge >= 0.3 is 5.97 Å². The SMILES string of the molecule is CC[C@H](N)c1ccc(CC(=O)O)cc1.